The summed E-state index contributed by atoms with van der Waals surface area (Å²) < 4.78 is 7.95. The van der Waals surface area contributed by atoms with Crippen LogP contribution in [0.2, 0.25) is 0 Å². The van der Waals surface area contributed by atoms with Gasteiger partial charge < -0.3 is 14.5 Å². The van der Waals surface area contributed by atoms with Crippen LogP contribution in [0, 0.1) is 0 Å². The van der Waals surface area contributed by atoms with Crippen molar-refractivity contribution < 1.29 is 9.53 Å². The van der Waals surface area contributed by atoms with Gasteiger partial charge in [-0.05, 0) is 31.3 Å². The third kappa shape index (κ3) is 4.53. The minimum absolute atomic E-state index is 0.178. The van der Waals surface area contributed by atoms with E-state index in [-0.39, 0.29) is 12.0 Å². The van der Waals surface area contributed by atoms with Crippen molar-refractivity contribution in [2.45, 2.75) is 30.6 Å². The Balaban J connectivity index is 1.45. The molecule has 4 heterocycles. The van der Waals surface area contributed by atoms with Crippen LogP contribution in [0.5, 0.6) is 0 Å². The number of thiophene rings is 1. The summed E-state index contributed by atoms with van der Waals surface area (Å²) in [7, 11) is 2.09. The highest BCUT2D eigenvalue weighted by Gasteiger charge is 2.24. The van der Waals surface area contributed by atoms with Crippen LogP contribution < -0.4 is 0 Å². The molecular weight excluding hydrogens is 382 g/mol. The number of hydrogen-bond donors (Lipinski definition) is 0. The Morgan fingerprint density at radius 2 is 2.19 bits per heavy atom. The largest absolute Gasteiger partial charge is 0.376 e. The molecule has 9 heteroatoms. The Morgan fingerprint density at radius 1 is 1.33 bits per heavy atom. The third-order valence-electron chi connectivity index (χ3n) is 5.05. The van der Waals surface area contributed by atoms with E-state index in [4.69, 9.17) is 4.74 Å². The minimum atomic E-state index is 0.178. The van der Waals surface area contributed by atoms with Crippen molar-refractivity contribution >= 4 is 29.0 Å². The highest BCUT2D eigenvalue weighted by Crippen LogP contribution is 2.29. The molecule has 1 amide bonds. The predicted octanol–water partition coefficient (Wildman–Crippen LogP) is 2.05. The van der Waals surface area contributed by atoms with E-state index in [2.05, 4.69) is 32.8 Å². The fourth-order valence-corrected chi connectivity index (χ4v) is 4.98. The van der Waals surface area contributed by atoms with Gasteiger partial charge in [-0.1, -0.05) is 17.8 Å². The number of ether oxygens (including phenoxy) is 1. The lowest BCUT2D eigenvalue weighted by atomic mass is 10.2. The number of likely N-dealkylation sites (N-methyl/N-ethyl adjacent to an activating group) is 1. The first-order valence-corrected chi connectivity index (χ1v) is 11.2. The fraction of sp³-hybridized carbons (Fsp3) is 0.611. The predicted molar refractivity (Wildman–Crippen MR) is 107 cm³/mol. The molecular formula is C18H25N5O2S2. The molecule has 7 nitrogen and oxygen atoms in total. The number of amides is 1. The molecule has 2 aliphatic heterocycles. The molecule has 2 fully saturated rings. The number of carbonyl (C=O) groups is 1. The standard InChI is InChI=1S/C18H25N5O2S2/c1-21-6-8-22(9-7-21)16(24)13-27-18-20-19-17(15-5-3-11-26-15)23(18)12-14-4-2-10-25-14/h3,5,11,14H,2,4,6-10,12-13H2,1H3. The summed E-state index contributed by atoms with van der Waals surface area (Å²) in [4.78, 5) is 17.9. The number of aromatic nitrogens is 3. The SMILES string of the molecule is CN1CCN(C(=O)CSc2nnc(-c3cccs3)n2CC2CCCO2)CC1. The molecule has 4 rings (SSSR count). The monoisotopic (exact) mass is 407 g/mol. The molecule has 0 spiro atoms. The summed E-state index contributed by atoms with van der Waals surface area (Å²) >= 11 is 3.14. The van der Waals surface area contributed by atoms with Gasteiger partial charge >= 0.3 is 0 Å². The lowest BCUT2D eigenvalue weighted by molar-refractivity contribution is -0.129. The molecule has 27 heavy (non-hydrogen) atoms. The van der Waals surface area contributed by atoms with E-state index < -0.39 is 0 Å². The molecule has 146 valence electrons. The Morgan fingerprint density at radius 3 is 2.89 bits per heavy atom. The van der Waals surface area contributed by atoms with Crippen molar-refractivity contribution in [2.24, 2.45) is 0 Å². The second kappa shape index (κ2) is 8.72. The van der Waals surface area contributed by atoms with Gasteiger partial charge in [-0.25, -0.2) is 0 Å². The van der Waals surface area contributed by atoms with Crippen molar-refractivity contribution in [3.63, 3.8) is 0 Å². The van der Waals surface area contributed by atoms with E-state index in [1.165, 1.54) is 11.8 Å². The normalized spacial score (nSPS) is 21.1. The lowest BCUT2D eigenvalue weighted by Crippen LogP contribution is -2.47. The molecule has 0 saturated carbocycles. The highest BCUT2D eigenvalue weighted by molar-refractivity contribution is 7.99. The van der Waals surface area contributed by atoms with E-state index in [0.29, 0.717) is 5.75 Å². The summed E-state index contributed by atoms with van der Waals surface area (Å²) in [6.07, 6.45) is 2.37. The lowest BCUT2D eigenvalue weighted by Gasteiger charge is -2.32. The van der Waals surface area contributed by atoms with Crippen LogP contribution in [0.3, 0.4) is 0 Å². The molecule has 1 atom stereocenters. The van der Waals surface area contributed by atoms with Crippen molar-refractivity contribution in [1.82, 2.24) is 24.6 Å². The van der Waals surface area contributed by atoms with E-state index in [0.717, 1.165) is 68.0 Å². The van der Waals surface area contributed by atoms with Gasteiger partial charge in [-0.2, -0.15) is 0 Å². The van der Waals surface area contributed by atoms with E-state index in [1.807, 2.05) is 16.3 Å². The van der Waals surface area contributed by atoms with Crippen molar-refractivity contribution in [1.29, 1.82) is 0 Å². The summed E-state index contributed by atoms with van der Waals surface area (Å²) in [5, 5.41) is 11.7. The van der Waals surface area contributed by atoms with Gasteiger partial charge in [0.05, 0.1) is 23.3 Å². The van der Waals surface area contributed by atoms with Crippen LogP contribution >= 0.6 is 23.1 Å². The zero-order valence-corrected chi connectivity index (χ0v) is 17.2. The van der Waals surface area contributed by atoms with Gasteiger partial charge in [0.25, 0.3) is 0 Å². The molecule has 0 N–H and O–H groups in total. The van der Waals surface area contributed by atoms with E-state index in [9.17, 15) is 4.79 Å². The average Bonchev–Trinajstić information content (AvgIpc) is 3.43. The second-order valence-corrected chi connectivity index (χ2v) is 8.89. The highest BCUT2D eigenvalue weighted by atomic mass is 32.2. The number of nitrogens with zero attached hydrogens (tertiary/aromatic N) is 5. The fourth-order valence-electron chi connectivity index (χ4n) is 3.41. The van der Waals surface area contributed by atoms with Crippen LogP contribution in [0.1, 0.15) is 12.8 Å². The van der Waals surface area contributed by atoms with Crippen molar-refractivity contribution in [3.05, 3.63) is 17.5 Å². The first-order valence-electron chi connectivity index (χ1n) is 9.38. The van der Waals surface area contributed by atoms with Crippen LogP contribution in [-0.2, 0) is 16.1 Å². The number of thioether (sulfide) groups is 1. The first-order chi connectivity index (χ1) is 13.2. The Hall–Kier alpha value is -1.42. The number of hydrogen-bond acceptors (Lipinski definition) is 7. The maximum atomic E-state index is 12.6. The average molecular weight is 408 g/mol. The number of carbonyl (C=O) groups excluding carboxylic acids is 1. The Labute approximate surface area is 167 Å². The molecule has 2 aromatic rings. The molecule has 1 unspecified atom stereocenters. The smallest absolute Gasteiger partial charge is 0.233 e. The topological polar surface area (TPSA) is 63.5 Å². The number of rotatable bonds is 6. The summed E-state index contributed by atoms with van der Waals surface area (Å²) in [5.74, 6) is 1.45. The maximum absolute atomic E-state index is 12.6. The second-order valence-electron chi connectivity index (χ2n) is 7.00. The summed E-state index contributed by atoms with van der Waals surface area (Å²) in [5.41, 5.74) is 0. The molecule has 0 aromatic carbocycles. The third-order valence-corrected chi connectivity index (χ3v) is 6.87. The van der Waals surface area contributed by atoms with Gasteiger partial charge in [0.15, 0.2) is 11.0 Å². The van der Waals surface area contributed by atoms with Gasteiger partial charge in [0, 0.05) is 32.8 Å². The summed E-state index contributed by atoms with van der Waals surface area (Å²) in [6.45, 7) is 5.05. The minimum Gasteiger partial charge on any atom is -0.376 e. The maximum Gasteiger partial charge on any atom is 0.233 e. The van der Waals surface area contributed by atoms with E-state index in [1.54, 1.807) is 11.3 Å². The molecule has 2 aliphatic rings. The van der Waals surface area contributed by atoms with Gasteiger partial charge in [0.2, 0.25) is 5.91 Å². The molecule has 0 aliphatic carbocycles. The van der Waals surface area contributed by atoms with Crippen molar-refractivity contribution in [2.75, 3.05) is 45.6 Å². The number of piperazine rings is 1. The first kappa shape index (κ1) is 18.9. The van der Waals surface area contributed by atoms with Crippen LogP contribution in [0.4, 0.5) is 0 Å². The van der Waals surface area contributed by atoms with Gasteiger partial charge in [0.1, 0.15) is 0 Å². The zero-order chi connectivity index (χ0) is 18.6. The van der Waals surface area contributed by atoms with Gasteiger partial charge in [-0.15, -0.1) is 21.5 Å². The van der Waals surface area contributed by atoms with E-state index >= 15 is 0 Å². The van der Waals surface area contributed by atoms with Crippen LogP contribution in [-0.4, -0.2) is 82.2 Å². The molecule has 0 bridgehead atoms. The molecule has 2 aromatic heterocycles. The van der Waals surface area contributed by atoms with Crippen LogP contribution in [0.15, 0.2) is 22.7 Å². The zero-order valence-electron chi connectivity index (χ0n) is 15.5. The molecule has 2 saturated heterocycles. The Bertz CT molecular complexity index is 750. The van der Waals surface area contributed by atoms with Crippen LogP contribution in [0.25, 0.3) is 10.7 Å². The van der Waals surface area contributed by atoms with Gasteiger partial charge in [-0.3, -0.25) is 9.36 Å². The summed E-state index contributed by atoms with van der Waals surface area (Å²) in [6, 6.07) is 4.08. The molecule has 0 radical (unpaired) electrons. The quantitative estimate of drug-likeness (QED) is 0.683. The van der Waals surface area contributed by atoms with Crippen molar-refractivity contribution in [3.8, 4) is 10.7 Å². The Kier molecular flexibility index (Phi) is 6.11.